The summed E-state index contributed by atoms with van der Waals surface area (Å²) in [6, 6.07) is 4.89. The van der Waals surface area contributed by atoms with Crippen LogP contribution in [0.3, 0.4) is 0 Å². The lowest BCUT2D eigenvalue weighted by molar-refractivity contribution is 0.0561. The molecule has 0 radical (unpaired) electrons. The zero-order valence-corrected chi connectivity index (χ0v) is 13.7. The van der Waals surface area contributed by atoms with Gasteiger partial charge in [-0.25, -0.2) is 8.42 Å². The lowest BCUT2D eigenvalue weighted by atomic mass is 10.2. The van der Waals surface area contributed by atoms with Gasteiger partial charge in [0.1, 0.15) is 0 Å². The Morgan fingerprint density at radius 2 is 2.10 bits per heavy atom. The third-order valence-corrected chi connectivity index (χ3v) is 6.42. The van der Waals surface area contributed by atoms with Crippen LogP contribution in [0, 0.1) is 12.8 Å². The summed E-state index contributed by atoms with van der Waals surface area (Å²) < 4.78 is 32.5. The van der Waals surface area contributed by atoms with Crippen LogP contribution < -0.4 is 0 Å². The second-order valence-corrected chi connectivity index (χ2v) is 8.31. The van der Waals surface area contributed by atoms with Crippen LogP contribution in [0.15, 0.2) is 23.1 Å². The van der Waals surface area contributed by atoms with Crippen LogP contribution in [0.4, 0.5) is 0 Å². The first-order valence-electron chi connectivity index (χ1n) is 7.35. The monoisotopic (exact) mass is 329 g/mol. The molecule has 1 heterocycles. The van der Waals surface area contributed by atoms with Crippen molar-refractivity contribution >= 4 is 21.6 Å². The van der Waals surface area contributed by atoms with Crippen molar-refractivity contribution in [2.24, 2.45) is 5.92 Å². The van der Waals surface area contributed by atoms with Gasteiger partial charge in [0.2, 0.25) is 10.0 Å². The van der Waals surface area contributed by atoms with E-state index in [2.05, 4.69) is 0 Å². The highest BCUT2D eigenvalue weighted by atomic mass is 35.5. The second-order valence-electron chi connectivity index (χ2n) is 5.96. The van der Waals surface area contributed by atoms with E-state index in [-0.39, 0.29) is 11.0 Å². The molecule has 1 saturated heterocycles. The Balaban J connectivity index is 1.68. The average molecular weight is 330 g/mol. The molecule has 6 heteroatoms. The summed E-state index contributed by atoms with van der Waals surface area (Å²) in [5, 5.41) is 0.483. The lowest BCUT2D eigenvalue weighted by Gasteiger charge is -2.17. The molecule has 1 aromatic carbocycles. The van der Waals surface area contributed by atoms with Crippen LogP contribution in [0.5, 0.6) is 0 Å². The highest BCUT2D eigenvalue weighted by Crippen LogP contribution is 2.31. The molecule has 0 spiro atoms. The van der Waals surface area contributed by atoms with Gasteiger partial charge in [-0.3, -0.25) is 0 Å². The summed E-state index contributed by atoms with van der Waals surface area (Å²) in [7, 11) is -3.46. The first kappa shape index (κ1) is 15.3. The largest absolute Gasteiger partial charge is 0.377 e. The standard InChI is InChI=1S/C15H20ClNO3S/c1-11-2-5-14(8-15(11)16)21(18,19)17-7-6-13(9-17)20-10-12-3-4-12/h2,5,8,12-13H,3-4,6-7,9-10H2,1H3. The second kappa shape index (κ2) is 5.88. The number of ether oxygens (including phenoxy) is 1. The number of benzene rings is 1. The molecule has 0 N–H and O–H groups in total. The first-order chi connectivity index (χ1) is 9.96. The van der Waals surface area contributed by atoms with Crippen molar-refractivity contribution in [3.8, 4) is 0 Å². The summed E-state index contributed by atoms with van der Waals surface area (Å²) in [4.78, 5) is 0.265. The highest BCUT2D eigenvalue weighted by Gasteiger charge is 2.34. The van der Waals surface area contributed by atoms with Gasteiger partial charge >= 0.3 is 0 Å². The number of nitrogens with zero attached hydrogens (tertiary/aromatic N) is 1. The summed E-state index contributed by atoms with van der Waals surface area (Å²) in [5.74, 6) is 0.701. The molecule has 1 aliphatic carbocycles. The van der Waals surface area contributed by atoms with Gasteiger partial charge in [-0.15, -0.1) is 0 Å². The minimum Gasteiger partial charge on any atom is -0.377 e. The molecule has 21 heavy (non-hydrogen) atoms. The molecular weight excluding hydrogens is 310 g/mol. The molecule has 1 saturated carbocycles. The molecule has 1 unspecified atom stereocenters. The highest BCUT2D eigenvalue weighted by molar-refractivity contribution is 7.89. The number of rotatable bonds is 5. The average Bonchev–Trinajstić information content (AvgIpc) is 3.15. The van der Waals surface area contributed by atoms with Crippen LogP contribution in [0.1, 0.15) is 24.8 Å². The van der Waals surface area contributed by atoms with Crippen LogP contribution in [-0.4, -0.2) is 38.5 Å². The molecule has 4 nitrogen and oxygen atoms in total. The van der Waals surface area contributed by atoms with Crippen LogP contribution in [0.2, 0.25) is 5.02 Å². The lowest BCUT2D eigenvalue weighted by Crippen LogP contribution is -2.30. The number of aryl methyl sites for hydroxylation is 1. The molecule has 3 rings (SSSR count). The predicted octanol–water partition coefficient (Wildman–Crippen LogP) is 2.84. The molecular formula is C15H20ClNO3S. The van der Waals surface area contributed by atoms with E-state index in [4.69, 9.17) is 16.3 Å². The number of hydrogen-bond acceptors (Lipinski definition) is 3. The summed E-state index contributed by atoms with van der Waals surface area (Å²) in [6.45, 7) is 3.59. The van der Waals surface area contributed by atoms with Crippen molar-refractivity contribution in [3.63, 3.8) is 0 Å². The summed E-state index contributed by atoms with van der Waals surface area (Å²) in [6.07, 6.45) is 3.29. The van der Waals surface area contributed by atoms with E-state index in [9.17, 15) is 8.42 Å². The van der Waals surface area contributed by atoms with Gasteiger partial charge in [0.05, 0.1) is 11.0 Å². The Morgan fingerprint density at radius 1 is 1.33 bits per heavy atom. The van der Waals surface area contributed by atoms with E-state index < -0.39 is 10.0 Å². The van der Waals surface area contributed by atoms with E-state index in [1.165, 1.54) is 23.2 Å². The molecule has 2 fully saturated rings. The smallest absolute Gasteiger partial charge is 0.243 e. The fourth-order valence-electron chi connectivity index (χ4n) is 2.49. The number of sulfonamides is 1. The number of hydrogen-bond donors (Lipinski definition) is 0. The van der Waals surface area contributed by atoms with Gasteiger partial charge in [0, 0.05) is 24.7 Å². The normalized spacial score (nSPS) is 23.6. The van der Waals surface area contributed by atoms with Crippen molar-refractivity contribution in [3.05, 3.63) is 28.8 Å². The molecule has 116 valence electrons. The molecule has 0 aromatic heterocycles. The Labute approximate surface area is 131 Å². The third-order valence-electron chi connectivity index (χ3n) is 4.15. The van der Waals surface area contributed by atoms with E-state index >= 15 is 0 Å². The van der Waals surface area contributed by atoms with Gasteiger partial charge in [-0.2, -0.15) is 4.31 Å². The molecule has 1 aliphatic heterocycles. The van der Waals surface area contributed by atoms with Crippen molar-refractivity contribution in [2.75, 3.05) is 19.7 Å². The SMILES string of the molecule is Cc1ccc(S(=O)(=O)N2CCC(OCC3CC3)C2)cc1Cl. The third kappa shape index (κ3) is 3.42. The van der Waals surface area contributed by atoms with Crippen molar-refractivity contribution in [2.45, 2.75) is 37.2 Å². The Kier molecular flexibility index (Phi) is 4.28. The van der Waals surface area contributed by atoms with Crippen molar-refractivity contribution in [1.82, 2.24) is 4.31 Å². The molecule has 0 bridgehead atoms. The van der Waals surface area contributed by atoms with Crippen LogP contribution >= 0.6 is 11.6 Å². The molecule has 1 aromatic rings. The fraction of sp³-hybridized carbons (Fsp3) is 0.600. The first-order valence-corrected chi connectivity index (χ1v) is 9.16. The van der Waals surface area contributed by atoms with Crippen LogP contribution in [-0.2, 0) is 14.8 Å². The molecule has 2 aliphatic rings. The summed E-state index contributed by atoms with van der Waals surface area (Å²) in [5.41, 5.74) is 0.877. The maximum Gasteiger partial charge on any atom is 0.243 e. The van der Waals surface area contributed by atoms with Gasteiger partial charge in [0.25, 0.3) is 0 Å². The maximum absolute atomic E-state index is 12.6. The number of halogens is 1. The quantitative estimate of drug-likeness (QED) is 0.834. The maximum atomic E-state index is 12.6. The van der Waals surface area contributed by atoms with Gasteiger partial charge in [0.15, 0.2) is 0 Å². The minimum absolute atomic E-state index is 0.0290. The Bertz CT molecular complexity index is 628. The van der Waals surface area contributed by atoms with Gasteiger partial charge < -0.3 is 4.74 Å². The molecule has 0 amide bonds. The fourth-order valence-corrected chi connectivity index (χ4v) is 4.25. The van der Waals surface area contributed by atoms with Gasteiger partial charge in [-0.05, 0) is 49.8 Å². The van der Waals surface area contributed by atoms with Crippen LogP contribution in [0.25, 0.3) is 0 Å². The molecule has 1 atom stereocenters. The Hall–Kier alpha value is -0.620. The van der Waals surface area contributed by atoms with E-state index in [1.54, 1.807) is 12.1 Å². The Morgan fingerprint density at radius 3 is 2.76 bits per heavy atom. The zero-order chi connectivity index (χ0) is 15.0. The summed E-state index contributed by atoms with van der Waals surface area (Å²) >= 11 is 6.04. The predicted molar refractivity (Wildman–Crippen MR) is 82.0 cm³/mol. The van der Waals surface area contributed by atoms with E-state index in [0.717, 1.165) is 18.6 Å². The van der Waals surface area contributed by atoms with E-state index in [0.29, 0.717) is 24.0 Å². The van der Waals surface area contributed by atoms with Gasteiger partial charge in [-0.1, -0.05) is 17.7 Å². The van der Waals surface area contributed by atoms with Crippen molar-refractivity contribution in [1.29, 1.82) is 0 Å². The van der Waals surface area contributed by atoms with E-state index in [1.807, 2.05) is 6.92 Å². The topological polar surface area (TPSA) is 46.6 Å². The zero-order valence-electron chi connectivity index (χ0n) is 12.1. The minimum atomic E-state index is -3.46. The van der Waals surface area contributed by atoms with Crippen molar-refractivity contribution < 1.29 is 13.2 Å².